The van der Waals surface area contributed by atoms with Crippen LogP contribution in [0, 0.1) is 10.1 Å². The molecule has 0 saturated heterocycles. The molecule has 1 aromatic carbocycles. The highest BCUT2D eigenvalue weighted by Crippen LogP contribution is 2.27. The summed E-state index contributed by atoms with van der Waals surface area (Å²) in [4.78, 5) is 24.6. The Bertz CT molecular complexity index is 651. The maximum Gasteiger partial charge on any atom is 0.340 e. The summed E-state index contributed by atoms with van der Waals surface area (Å²) in [6.07, 6.45) is 0. The summed E-state index contributed by atoms with van der Waals surface area (Å²) in [6, 6.07) is 7.83. The zero-order valence-electron chi connectivity index (χ0n) is 9.84. The number of aromatic amines is 1. The van der Waals surface area contributed by atoms with Crippen molar-refractivity contribution in [3.8, 4) is 5.75 Å². The molecule has 0 fully saturated rings. The molecule has 0 bridgehead atoms. The van der Waals surface area contributed by atoms with Crippen LogP contribution in [0.4, 0.5) is 5.82 Å². The fraction of sp³-hybridized carbons (Fsp3) is 0.0833. The van der Waals surface area contributed by atoms with Crippen LogP contribution in [0.5, 0.6) is 5.75 Å². The van der Waals surface area contributed by atoms with Crippen LogP contribution in [-0.4, -0.2) is 22.8 Å². The molecule has 2 aromatic rings. The molecule has 1 N–H and O–H groups in total. The maximum atomic E-state index is 12.2. The van der Waals surface area contributed by atoms with Crippen molar-refractivity contribution in [1.82, 2.24) is 4.98 Å². The average Bonchev–Trinajstić information content (AvgIpc) is 2.80. The minimum absolute atomic E-state index is 0.0428. The zero-order chi connectivity index (χ0) is 14.0. The average molecular weight is 281 g/mol. The lowest BCUT2D eigenvalue weighted by Gasteiger charge is -2.04. The number of nitrogens with zero attached hydrogens (tertiary/aromatic N) is 1. The Morgan fingerprint density at radius 2 is 2.11 bits per heavy atom. The van der Waals surface area contributed by atoms with Crippen LogP contribution in [-0.2, 0) is 0 Å². The van der Waals surface area contributed by atoms with Gasteiger partial charge in [-0.05, 0) is 17.1 Å². The van der Waals surface area contributed by atoms with E-state index in [0.717, 1.165) is 0 Å². The molecule has 0 saturated carbocycles. The molecule has 0 amide bonds. The molecule has 19 heavy (non-hydrogen) atoms. The van der Waals surface area contributed by atoms with Gasteiger partial charge < -0.3 is 14.9 Å². The number of halogens is 1. The molecule has 6 nitrogen and oxygen atoms in total. The van der Waals surface area contributed by atoms with Gasteiger partial charge in [0.05, 0.1) is 12.7 Å². The molecule has 0 aliphatic carbocycles. The van der Waals surface area contributed by atoms with E-state index < -0.39 is 16.5 Å². The van der Waals surface area contributed by atoms with Crippen molar-refractivity contribution in [2.24, 2.45) is 0 Å². The van der Waals surface area contributed by atoms with Gasteiger partial charge in [-0.25, -0.2) is 4.98 Å². The normalized spacial score (nSPS) is 10.2. The summed E-state index contributed by atoms with van der Waals surface area (Å²) in [5.41, 5.74) is 0.346. The van der Waals surface area contributed by atoms with E-state index in [0.29, 0.717) is 11.3 Å². The SMILES string of the molecule is COc1ccccc1C(=O)c1cc(Cl)c([N+](=O)[O-])[nH]1. The second kappa shape index (κ2) is 5.11. The number of para-hydroxylation sites is 1. The van der Waals surface area contributed by atoms with Crippen molar-refractivity contribution in [3.05, 3.63) is 56.7 Å². The van der Waals surface area contributed by atoms with Gasteiger partial charge >= 0.3 is 5.82 Å². The molecule has 0 aliphatic heterocycles. The standard InChI is InChI=1S/C12H9ClN2O4/c1-19-10-5-3-2-4-7(10)11(16)9-6-8(13)12(14-9)15(17)18/h2-6,14H,1H3. The lowest BCUT2D eigenvalue weighted by molar-refractivity contribution is -0.389. The number of carbonyl (C=O) groups is 1. The molecule has 2 rings (SSSR count). The van der Waals surface area contributed by atoms with Gasteiger partial charge in [0.15, 0.2) is 5.69 Å². The molecular weight excluding hydrogens is 272 g/mol. The third-order valence-electron chi connectivity index (χ3n) is 2.53. The summed E-state index contributed by atoms with van der Waals surface area (Å²) in [5, 5.41) is 10.6. The summed E-state index contributed by atoms with van der Waals surface area (Å²) in [5.74, 6) is -0.437. The van der Waals surface area contributed by atoms with E-state index in [1.807, 2.05) is 0 Å². The van der Waals surface area contributed by atoms with Crippen LogP contribution in [0.15, 0.2) is 30.3 Å². The number of methoxy groups -OCH3 is 1. The van der Waals surface area contributed by atoms with Crippen LogP contribution in [0.25, 0.3) is 0 Å². The molecule has 98 valence electrons. The minimum Gasteiger partial charge on any atom is -0.496 e. The van der Waals surface area contributed by atoms with Crippen molar-refractivity contribution < 1.29 is 14.5 Å². The van der Waals surface area contributed by atoms with E-state index >= 15 is 0 Å². The third kappa shape index (κ3) is 2.43. The second-order valence-corrected chi connectivity index (χ2v) is 4.07. The maximum absolute atomic E-state index is 12.2. The number of ether oxygens (including phenoxy) is 1. The van der Waals surface area contributed by atoms with Gasteiger partial charge in [-0.3, -0.25) is 4.79 Å². The molecule has 1 heterocycles. The van der Waals surface area contributed by atoms with Gasteiger partial charge in [-0.1, -0.05) is 23.7 Å². The molecular formula is C12H9ClN2O4. The third-order valence-corrected chi connectivity index (χ3v) is 2.82. The van der Waals surface area contributed by atoms with Gasteiger partial charge in [0.25, 0.3) is 0 Å². The second-order valence-electron chi connectivity index (χ2n) is 3.67. The quantitative estimate of drug-likeness (QED) is 0.530. The van der Waals surface area contributed by atoms with Crippen molar-refractivity contribution >= 4 is 23.2 Å². The predicted octanol–water partition coefficient (Wildman–Crippen LogP) is 2.82. The van der Waals surface area contributed by atoms with Crippen molar-refractivity contribution in [2.75, 3.05) is 7.11 Å². The number of nitro groups is 1. The number of aromatic nitrogens is 1. The lowest BCUT2D eigenvalue weighted by Crippen LogP contribution is -2.04. The van der Waals surface area contributed by atoms with Crippen LogP contribution < -0.4 is 4.74 Å². The monoisotopic (exact) mass is 280 g/mol. The highest BCUT2D eigenvalue weighted by molar-refractivity contribution is 6.33. The number of nitrogens with one attached hydrogen (secondary N) is 1. The fourth-order valence-corrected chi connectivity index (χ4v) is 1.88. The van der Waals surface area contributed by atoms with Gasteiger partial charge in [-0.2, -0.15) is 0 Å². The predicted molar refractivity (Wildman–Crippen MR) is 68.9 cm³/mol. The van der Waals surface area contributed by atoms with Crippen LogP contribution in [0.1, 0.15) is 16.1 Å². The Kier molecular flexibility index (Phi) is 3.52. The summed E-state index contributed by atoms with van der Waals surface area (Å²) >= 11 is 5.69. The van der Waals surface area contributed by atoms with E-state index in [1.165, 1.54) is 13.2 Å². The Morgan fingerprint density at radius 1 is 1.42 bits per heavy atom. The highest BCUT2D eigenvalue weighted by Gasteiger charge is 2.23. The van der Waals surface area contributed by atoms with Gasteiger partial charge in [-0.15, -0.1) is 0 Å². The number of rotatable bonds is 4. The molecule has 7 heteroatoms. The number of ketones is 1. The van der Waals surface area contributed by atoms with Gasteiger partial charge in [0, 0.05) is 6.07 Å². The number of hydrogen-bond donors (Lipinski definition) is 1. The van der Waals surface area contributed by atoms with E-state index in [4.69, 9.17) is 16.3 Å². The molecule has 0 aliphatic rings. The number of H-pyrrole nitrogens is 1. The Morgan fingerprint density at radius 3 is 2.68 bits per heavy atom. The molecule has 0 spiro atoms. The topological polar surface area (TPSA) is 85.2 Å². The first kappa shape index (κ1) is 13.1. The summed E-state index contributed by atoms with van der Waals surface area (Å²) < 4.78 is 5.07. The van der Waals surface area contributed by atoms with Crippen molar-refractivity contribution in [2.45, 2.75) is 0 Å². The van der Waals surface area contributed by atoms with E-state index in [9.17, 15) is 14.9 Å². The first-order valence-electron chi connectivity index (χ1n) is 5.25. The first-order valence-corrected chi connectivity index (χ1v) is 5.63. The van der Waals surface area contributed by atoms with Crippen LogP contribution >= 0.6 is 11.6 Å². The largest absolute Gasteiger partial charge is 0.496 e. The Hall–Kier alpha value is -2.34. The highest BCUT2D eigenvalue weighted by atomic mass is 35.5. The Balaban J connectivity index is 2.44. The first-order chi connectivity index (χ1) is 9.04. The van der Waals surface area contributed by atoms with Gasteiger partial charge in [0.1, 0.15) is 10.8 Å². The minimum atomic E-state index is -0.679. The molecule has 0 radical (unpaired) electrons. The van der Waals surface area contributed by atoms with Crippen molar-refractivity contribution in [1.29, 1.82) is 0 Å². The van der Waals surface area contributed by atoms with Crippen LogP contribution in [0.3, 0.4) is 0 Å². The van der Waals surface area contributed by atoms with E-state index in [-0.39, 0.29) is 10.7 Å². The summed E-state index contributed by atoms with van der Waals surface area (Å²) in [7, 11) is 1.44. The van der Waals surface area contributed by atoms with Crippen molar-refractivity contribution in [3.63, 3.8) is 0 Å². The number of benzene rings is 1. The molecule has 0 unspecified atom stereocenters. The zero-order valence-corrected chi connectivity index (χ0v) is 10.6. The van der Waals surface area contributed by atoms with Crippen LogP contribution in [0.2, 0.25) is 5.02 Å². The Labute approximate surface area is 113 Å². The lowest BCUT2D eigenvalue weighted by atomic mass is 10.1. The summed E-state index contributed by atoms with van der Waals surface area (Å²) in [6.45, 7) is 0. The molecule has 0 atom stereocenters. The van der Waals surface area contributed by atoms with E-state index in [2.05, 4.69) is 4.98 Å². The molecule has 1 aromatic heterocycles. The smallest absolute Gasteiger partial charge is 0.340 e. The van der Waals surface area contributed by atoms with E-state index in [1.54, 1.807) is 24.3 Å². The van der Waals surface area contributed by atoms with Gasteiger partial charge in [0.2, 0.25) is 5.78 Å². The number of carbonyl (C=O) groups excluding carboxylic acids is 1. The fourth-order valence-electron chi connectivity index (χ4n) is 1.65. The number of hydrogen-bond acceptors (Lipinski definition) is 4.